The van der Waals surface area contributed by atoms with E-state index >= 15 is 0 Å². The molecule has 1 atom stereocenters. The van der Waals surface area contributed by atoms with Crippen LogP contribution in [0.1, 0.15) is 17.0 Å². The first kappa shape index (κ1) is 16.5. The molecule has 0 aliphatic carbocycles. The van der Waals surface area contributed by atoms with Crippen LogP contribution in [-0.2, 0) is 11.2 Å². The molecule has 3 rings (SSSR count). The van der Waals surface area contributed by atoms with Crippen LogP contribution in [0.25, 0.3) is 0 Å². The van der Waals surface area contributed by atoms with E-state index < -0.39 is 0 Å². The topological polar surface area (TPSA) is 41.6 Å². The van der Waals surface area contributed by atoms with Gasteiger partial charge in [-0.1, -0.05) is 60.7 Å². The second kappa shape index (κ2) is 8.50. The van der Waals surface area contributed by atoms with Crippen LogP contribution in [0.3, 0.4) is 0 Å². The standard InChI is InChI=1S/C20H24N2O2/c23-20(22-11-13-24-14-12-22)21-16-19(18-9-5-2-6-10-18)15-17-7-3-1-4-8-17/h1-10,19H,11-16H2,(H,21,23). The zero-order valence-electron chi connectivity index (χ0n) is 13.9. The summed E-state index contributed by atoms with van der Waals surface area (Å²) in [5, 5.41) is 3.10. The molecule has 2 aromatic carbocycles. The van der Waals surface area contributed by atoms with Gasteiger partial charge < -0.3 is 15.0 Å². The third-order valence-corrected chi connectivity index (χ3v) is 4.39. The summed E-state index contributed by atoms with van der Waals surface area (Å²) in [6.07, 6.45) is 0.911. The molecule has 4 nitrogen and oxygen atoms in total. The summed E-state index contributed by atoms with van der Waals surface area (Å²) < 4.78 is 5.30. The van der Waals surface area contributed by atoms with E-state index in [2.05, 4.69) is 53.8 Å². The summed E-state index contributed by atoms with van der Waals surface area (Å²) in [4.78, 5) is 14.2. The van der Waals surface area contributed by atoms with Crippen LogP contribution in [0.15, 0.2) is 60.7 Å². The number of ether oxygens (including phenoxy) is 1. The van der Waals surface area contributed by atoms with Crippen LogP contribution >= 0.6 is 0 Å². The van der Waals surface area contributed by atoms with Gasteiger partial charge in [-0.25, -0.2) is 4.79 Å². The number of nitrogens with one attached hydrogen (secondary N) is 1. The van der Waals surface area contributed by atoms with Gasteiger partial charge in [0.2, 0.25) is 0 Å². The molecule has 24 heavy (non-hydrogen) atoms. The molecule has 2 aromatic rings. The van der Waals surface area contributed by atoms with Gasteiger partial charge in [-0.05, 0) is 17.5 Å². The van der Waals surface area contributed by atoms with Crippen LogP contribution in [0.4, 0.5) is 4.79 Å². The Morgan fingerprint density at radius 2 is 1.62 bits per heavy atom. The molecule has 1 fully saturated rings. The molecule has 1 N–H and O–H groups in total. The predicted molar refractivity (Wildman–Crippen MR) is 95.1 cm³/mol. The number of morpholine rings is 1. The highest BCUT2D eigenvalue weighted by atomic mass is 16.5. The van der Waals surface area contributed by atoms with Crippen LogP contribution < -0.4 is 5.32 Å². The largest absolute Gasteiger partial charge is 0.378 e. The van der Waals surface area contributed by atoms with Gasteiger partial charge in [0.25, 0.3) is 0 Å². The van der Waals surface area contributed by atoms with Crippen LogP contribution in [0, 0.1) is 0 Å². The summed E-state index contributed by atoms with van der Waals surface area (Å²) in [5.74, 6) is 0.263. The van der Waals surface area contributed by atoms with Gasteiger partial charge >= 0.3 is 6.03 Å². The minimum absolute atomic E-state index is 0.00675. The van der Waals surface area contributed by atoms with Gasteiger partial charge in [0, 0.05) is 25.6 Å². The van der Waals surface area contributed by atoms with Crippen molar-refractivity contribution in [2.75, 3.05) is 32.8 Å². The molecule has 1 aliphatic rings. The molecule has 1 heterocycles. The molecule has 1 saturated heterocycles. The Kier molecular flexibility index (Phi) is 5.85. The lowest BCUT2D eigenvalue weighted by atomic mass is 9.92. The SMILES string of the molecule is O=C(NCC(Cc1ccccc1)c1ccccc1)N1CCOCC1. The number of urea groups is 1. The number of hydrogen-bond donors (Lipinski definition) is 1. The molecule has 0 bridgehead atoms. The van der Waals surface area contributed by atoms with Gasteiger partial charge in [-0.2, -0.15) is 0 Å². The Bertz CT molecular complexity index is 625. The minimum Gasteiger partial charge on any atom is -0.378 e. The second-order valence-electron chi connectivity index (χ2n) is 6.08. The van der Waals surface area contributed by atoms with E-state index in [0.29, 0.717) is 32.8 Å². The first-order chi connectivity index (χ1) is 11.8. The van der Waals surface area contributed by atoms with Crippen LogP contribution in [0.5, 0.6) is 0 Å². The maximum atomic E-state index is 12.3. The van der Waals surface area contributed by atoms with Gasteiger partial charge in [0.15, 0.2) is 0 Å². The fraction of sp³-hybridized carbons (Fsp3) is 0.350. The van der Waals surface area contributed by atoms with E-state index in [4.69, 9.17) is 4.74 Å². The van der Waals surface area contributed by atoms with Crippen molar-refractivity contribution in [1.29, 1.82) is 0 Å². The summed E-state index contributed by atoms with van der Waals surface area (Å²) in [5.41, 5.74) is 2.54. The van der Waals surface area contributed by atoms with Crippen molar-refractivity contribution in [2.24, 2.45) is 0 Å². The third-order valence-electron chi connectivity index (χ3n) is 4.39. The quantitative estimate of drug-likeness (QED) is 0.918. The fourth-order valence-electron chi connectivity index (χ4n) is 3.02. The van der Waals surface area contributed by atoms with Gasteiger partial charge in [0.1, 0.15) is 0 Å². The maximum absolute atomic E-state index is 12.3. The van der Waals surface area contributed by atoms with Crippen molar-refractivity contribution in [3.8, 4) is 0 Å². The lowest BCUT2D eigenvalue weighted by Crippen LogP contribution is -2.47. The molecule has 0 spiro atoms. The number of amides is 2. The Labute approximate surface area is 143 Å². The summed E-state index contributed by atoms with van der Waals surface area (Å²) >= 11 is 0. The molecular weight excluding hydrogens is 300 g/mol. The average Bonchev–Trinajstić information content (AvgIpc) is 2.67. The van der Waals surface area contributed by atoms with E-state index in [9.17, 15) is 4.79 Å². The zero-order chi connectivity index (χ0) is 16.6. The summed E-state index contributed by atoms with van der Waals surface area (Å²) in [7, 11) is 0. The highest BCUT2D eigenvalue weighted by Gasteiger charge is 2.19. The fourth-order valence-corrected chi connectivity index (χ4v) is 3.02. The third kappa shape index (κ3) is 4.59. The van der Waals surface area contributed by atoms with Crippen molar-refractivity contribution in [1.82, 2.24) is 10.2 Å². The molecule has 1 aliphatic heterocycles. The van der Waals surface area contributed by atoms with E-state index in [1.165, 1.54) is 11.1 Å². The smallest absolute Gasteiger partial charge is 0.317 e. The van der Waals surface area contributed by atoms with Gasteiger partial charge in [-0.15, -0.1) is 0 Å². The van der Waals surface area contributed by atoms with E-state index in [-0.39, 0.29) is 11.9 Å². The number of hydrogen-bond acceptors (Lipinski definition) is 2. The molecular formula is C20H24N2O2. The average molecular weight is 324 g/mol. The molecule has 1 unspecified atom stereocenters. The lowest BCUT2D eigenvalue weighted by Gasteiger charge is -2.28. The Hall–Kier alpha value is -2.33. The number of nitrogens with zero attached hydrogens (tertiary/aromatic N) is 1. The normalized spacial score (nSPS) is 15.8. The van der Waals surface area contributed by atoms with Crippen molar-refractivity contribution in [2.45, 2.75) is 12.3 Å². The van der Waals surface area contributed by atoms with Crippen LogP contribution in [0.2, 0.25) is 0 Å². The molecule has 0 saturated carbocycles. The number of carbonyl (C=O) groups is 1. The maximum Gasteiger partial charge on any atom is 0.317 e. The Balaban J connectivity index is 1.64. The lowest BCUT2D eigenvalue weighted by molar-refractivity contribution is 0.0531. The molecule has 0 radical (unpaired) electrons. The molecule has 126 valence electrons. The number of benzene rings is 2. The minimum atomic E-state index is 0.00675. The van der Waals surface area contributed by atoms with E-state index in [1.54, 1.807) is 0 Å². The summed E-state index contributed by atoms with van der Waals surface area (Å²) in [6, 6.07) is 20.8. The first-order valence-electron chi connectivity index (χ1n) is 8.52. The number of carbonyl (C=O) groups excluding carboxylic acids is 1. The molecule has 0 aromatic heterocycles. The first-order valence-corrected chi connectivity index (χ1v) is 8.52. The highest BCUT2D eigenvalue weighted by Crippen LogP contribution is 2.20. The number of rotatable bonds is 5. The molecule has 4 heteroatoms. The van der Waals surface area contributed by atoms with Crippen molar-refractivity contribution in [3.05, 3.63) is 71.8 Å². The zero-order valence-corrected chi connectivity index (χ0v) is 13.9. The Morgan fingerprint density at radius 3 is 2.29 bits per heavy atom. The van der Waals surface area contributed by atoms with Gasteiger partial charge in [-0.3, -0.25) is 0 Å². The van der Waals surface area contributed by atoms with Crippen molar-refractivity contribution in [3.63, 3.8) is 0 Å². The monoisotopic (exact) mass is 324 g/mol. The predicted octanol–water partition coefficient (Wildman–Crippen LogP) is 3.05. The van der Waals surface area contributed by atoms with E-state index in [0.717, 1.165) is 6.42 Å². The van der Waals surface area contributed by atoms with Crippen molar-refractivity contribution >= 4 is 6.03 Å². The van der Waals surface area contributed by atoms with Crippen molar-refractivity contribution < 1.29 is 9.53 Å². The highest BCUT2D eigenvalue weighted by molar-refractivity contribution is 5.74. The molecule has 2 amide bonds. The second-order valence-corrected chi connectivity index (χ2v) is 6.08. The Morgan fingerprint density at radius 1 is 1.00 bits per heavy atom. The van der Waals surface area contributed by atoms with Gasteiger partial charge in [0.05, 0.1) is 13.2 Å². The summed E-state index contributed by atoms with van der Waals surface area (Å²) in [6.45, 7) is 3.22. The van der Waals surface area contributed by atoms with Crippen LogP contribution in [-0.4, -0.2) is 43.8 Å². The van der Waals surface area contributed by atoms with E-state index in [1.807, 2.05) is 17.0 Å².